The highest BCUT2D eigenvalue weighted by molar-refractivity contribution is 7.17. The smallest absolute Gasteiger partial charge is 0.310 e. The van der Waals surface area contributed by atoms with Crippen LogP contribution in [0.25, 0.3) is 10.1 Å². The Kier molecular flexibility index (Phi) is 4.57. The van der Waals surface area contributed by atoms with Gasteiger partial charge in [-0.15, -0.1) is 11.3 Å². The average Bonchev–Trinajstić information content (AvgIpc) is 3.08. The molecule has 3 aromatic rings. The minimum Gasteiger partial charge on any atom is -0.487 e. The molecule has 6 heteroatoms. The Morgan fingerprint density at radius 3 is 2.75 bits per heavy atom. The fraction of sp³-hybridized carbons (Fsp3) is 0.333. The standard InChI is InChI=1S/C18H20N2O3S/c1-11-5-15(23-9-14-6-12(2)19-20(14)3)8-16-18(11)13(10-24-16)7-17(21)22-4/h5-6,8,10H,7,9H2,1-4H3. The summed E-state index contributed by atoms with van der Waals surface area (Å²) in [4.78, 5) is 11.5. The van der Waals surface area contributed by atoms with Crippen LogP contribution >= 0.6 is 11.3 Å². The molecule has 126 valence electrons. The van der Waals surface area contributed by atoms with Crippen LogP contribution in [0.1, 0.15) is 22.5 Å². The van der Waals surface area contributed by atoms with Crippen LogP contribution in [0.2, 0.25) is 0 Å². The van der Waals surface area contributed by atoms with Gasteiger partial charge in [0, 0.05) is 11.7 Å². The molecule has 0 N–H and O–H groups in total. The van der Waals surface area contributed by atoms with Crippen LogP contribution in [-0.2, 0) is 29.6 Å². The summed E-state index contributed by atoms with van der Waals surface area (Å²) in [5, 5.41) is 7.46. The number of esters is 1. The number of carbonyl (C=O) groups excluding carboxylic acids is 1. The molecule has 5 nitrogen and oxygen atoms in total. The third-order valence-corrected chi connectivity index (χ3v) is 4.95. The van der Waals surface area contributed by atoms with E-state index in [9.17, 15) is 4.79 Å². The topological polar surface area (TPSA) is 53.4 Å². The summed E-state index contributed by atoms with van der Waals surface area (Å²) < 4.78 is 13.7. The predicted octanol–water partition coefficient (Wildman–Crippen LogP) is 3.55. The second-order valence-electron chi connectivity index (χ2n) is 5.82. The number of carbonyl (C=O) groups is 1. The van der Waals surface area contributed by atoms with Gasteiger partial charge in [-0.1, -0.05) is 0 Å². The molecule has 0 aliphatic carbocycles. The second kappa shape index (κ2) is 6.65. The van der Waals surface area contributed by atoms with Crippen molar-refractivity contribution in [2.24, 2.45) is 7.05 Å². The Hall–Kier alpha value is -2.34. The SMILES string of the molecule is COC(=O)Cc1csc2cc(OCc3cc(C)nn3C)cc(C)c12. The fourth-order valence-corrected chi connectivity index (χ4v) is 3.88. The number of methoxy groups -OCH3 is 1. The molecule has 0 aliphatic heterocycles. The van der Waals surface area contributed by atoms with Crippen LogP contribution in [0.5, 0.6) is 5.75 Å². The van der Waals surface area contributed by atoms with Gasteiger partial charge in [0.2, 0.25) is 0 Å². The number of rotatable bonds is 5. The zero-order valence-electron chi connectivity index (χ0n) is 14.3. The molecule has 0 bridgehead atoms. The molecule has 0 spiro atoms. The van der Waals surface area contributed by atoms with Crippen molar-refractivity contribution in [3.8, 4) is 5.75 Å². The predicted molar refractivity (Wildman–Crippen MR) is 94.6 cm³/mol. The fourth-order valence-electron chi connectivity index (χ4n) is 2.82. The number of aromatic nitrogens is 2. The third kappa shape index (κ3) is 3.28. The van der Waals surface area contributed by atoms with Gasteiger partial charge in [0.1, 0.15) is 12.4 Å². The normalized spacial score (nSPS) is 11.0. The minimum atomic E-state index is -0.221. The molecule has 24 heavy (non-hydrogen) atoms. The lowest BCUT2D eigenvalue weighted by molar-refractivity contribution is -0.139. The summed E-state index contributed by atoms with van der Waals surface area (Å²) in [6.45, 7) is 4.48. The van der Waals surface area contributed by atoms with E-state index in [1.807, 2.05) is 49.2 Å². The van der Waals surface area contributed by atoms with E-state index in [4.69, 9.17) is 9.47 Å². The van der Waals surface area contributed by atoms with Gasteiger partial charge in [0.25, 0.3) is 0 Å². The molecule has 2 heterocycles. The van der Waals surface area contributed by atoms with Gasteiger partial charge in [-0.3, -0.25) is 9.48 Å². The molecule has 0 radical (unpaired) electrons. The minimum absolute atomic E-state index is 0.221. The first-order chi connectivity index (χ1) is 11.5. The van der Waals surface area contributed by atoms with Gasteiger partial charge >= 0.3 is 5.97 Å². The first-order valence-electron chi connectivity index (χ1n) is 7.67. The van der Waals surface area contributed by atoms with E-state index in [1.165, 1.54) is 7.11 Å². The van der Waals surface area contributed by atoms with Crippen molar-refractivity contribution in [1.82, 2.24) is 9.78 Å². The summed E-state index contributed by atoms with van der Waals surface area (Å²) >= 11 is 1.62. The number of benzene rings is 1. The Labute approximate surface area is 144 Å². The molecule has 2 aromatic heterocycles. The third-order valence-electron chi connectivity index (χ3n) is 3.97. The Balaban J connectivity index is 1.83. The molecular weight excluding hydrogens is 324 g/mol. The van der Waals surface area contributed by atoms with Gasteiger partial charge in [-0.25, -0.2) is 0 Å². The number of ether oxygens (including phenoxy) is 2. The number of hydrogen-bond donors (Lipinski definition) is 0. The van der Waals surface area contributed by atoms with Crippen LogP contribution in [0, 0.1) is 13.8 Å². The van der Waals surface area contributed by atoms with Crippen molar-refractivity contribution in [1.29, 1.82) is 0 Å². The molecule has 0 amide bonds. The van der Waals surface area contributed by atoms with E-state index in [2.05, 4.69) is 5.10 Å². The molecule has 0 aliphatic rings. The first kappa shape index (κ1) is 16.5. The summed E-state index contributed by atoms with van der Waals surface area (Å²) in [6, 6.07) is 6.06. The lowest BCUT2D eigenvalue weighted by atomic mass is 10.1. The summed E-state index contributed by atoms with van der Waals surface area (Å²) in [5.41, 5.74) is 4.12. The highest BCUT2D eigenvalue weighted by Gasteiger charge is 2.13. The number of fused-ring (bicyclic) bond motifs is 1. The van der Waals surface area contributed by atoms with Crippen LogP contribution < -0.4 is 4.74 Å². The lowest BCUT2D eigenvalue weighted by Gasteiger charge is -2.09. The zero-order valence-corrected chi connectivity index (χ0v) is 15.1. The van der Waals surface area contributed by atoms with E-state index in [0.29, 0.717) is 13.0 Å². The summed E-state index contributed by atoms with van der Waals surface area (Å²) in [6.07, 6.45) is 0.297. The van der Waals surface area contributed by atoms with Crippen LogP contribution in [0.4, 0.5) is 0 Å². The maximum Gasteiger partial charge on any atom is 0.310 e. The van der Waals surface area contributed by atoms with E-state index in [1.54, 1.807) is 11.3 Å². The van der Waals surface area contributed by atoms with Crippen LogP contribution in [0.3, 0.4) is 0 Å². The largest absolute Gasteiger partial charge is 0.487 e. The van der Waals surface area contributed by atoms with E-state index in [-0.39, 0.29) is 5.97 Å². The summed E-state index contributed by atoms with van der Waals surface area (Å²) in [5.74, 6) is 0.603. The molecule has 0 saturated carbocycles. The Morgan fingerprint density at radius 2 is 2.08 bits per heavy atom. The van der Waals surface area contributed by atoms with Crippen molar-refractivity contribution in [3.63, 3.8) is 0 Å². The Morgan fingerprint density at radius 1 is 1.29 bits per heavy atom. The average molecular weight is 344 g/mol. The monoisotopic (exact) mass is 344 g/mol. The van der Waals surface area contributed by atoms with E-state index < -0.39 is 0 Å². The van der Waals surface area contributed by atoms with Crippen molar-refractivity contribution in [2.75, 3.05) is 7.11 Å². The maximum atomic E-state index is 11.5. The Bertz CT molecular complexity index is 895. The van der Waals surface area contributed by atoms with E-state index >= 15 is 0 Å². The van der Waals surface area contributed by atoms with Gasteiger partial charge in [-0.05, 0) is 53.9 Å². The van der Waals surface area contributed by atoms with Crippen molar-refractivity contribution >= 4 is 27.4 Å². The van der Waals surface area contributed by atoms with E-state index in [0.717, 1.165) is 38.4 Å². The molecule has 0 atom stereocenters. The molecular formula is C18H20N2O3S. The zero-order chi connectivity index (χ0) is 17.3. The first-order valence-corrected chi connectivity index (χ1v) is 8.55. The number of nitrogens with zero attached hydrogens (tertiary/aromatic N) is 2. The number of hydrogen-bond acceptors (Lipinski definition) is 5. The quantitative estimate of drug-likeness (QED) is 0.664. The highest BCUT2D eigenvalue weighted by atomic mass is 32.1. The van der Waals surface area contributed by atoms with Gasteiger partial charge in [0.05, 0.1) is 24.9 Å². The van der Waals surface area contributed by atoms with Gasteiger partial charge in [-0.2, -0.15) is 5.10 Å². The van der Waals surface area contributed by atoms with Crippen molar-refractivity contribution < 1.29 is 14.3 Å². The number of thiophene rings is 1. The highest BCUT2D eigenvalue weighted by Crippen LogP contribution is 2.33. The summed E-state index contributed by atoms with van der Waals surface area (Å²) in [7, 11) is 3.33. The molecule has 0 saturated heterocycles. The van der Waals surface area contributed by atoms with Gasteiger partial charge < -0.3 is 9.47 Å². The molecule has 1 aromatic carbocycles. The molecule has 0 fully saturated rings. The molecule has 3 rings (SSSR count). The lowest BCUT2D eigenvalue weighted by Crippen LogP contribution is -2.04. The maximum absolute atomic E-state index is 11.5. The number of aryl methyl sites for hydroxylation is 3. The second-order valence-corrected chi connectivity index (χ2v) is 6.73. The van der Waals surface area contributed by atoms with Gasteiger partial charge in [0.15, 0.2) is 0 Å². The van der Waals surface area contributed by atoms with Crippen molar-refractivity contribution in [2.45, 2.75) is 26.9 Å². The molecule has 0 unspecified atom stereocenters. The van der Waals surface area contributed by atoms with Crippen LogP contribution in [0.15, 0.2) is 23.6 Å². The van der Waals surface area contributed by atoms with Crippen molar-refractivity contribution in [3.05, 3.63) is 46.1 Å². The van der Waals surface area contributed by atoms with Crippen LogP contribution in [-0.4, -0.2) is 22.9 Å².